The Kier molecular flexibility index (Phi) is 4.08. The second-order valence-electron chi connectivity index (χ2n) is 5.72. The number of amides is 2. The first-order valence-electron chi connectivity index (χ1n) is 7.61. The van der Waals surface area contributed by atoms with E-state index in [1.54, 1.807) is 0 Å². The highest BCUT2D eigenvalue weighted by atomic mass is 16.2. The van der Waals surface area contributed by atoms with Crippen LogP contribution in [0.1, 0.15) is 18.4 Å². The summed E-state index contributed by atoms with van der Waals surface area (Å²) in [6.07, 6.45) is 2.36. The van der Waals surface area contributed by atoms with E-state index in [0.717, 1.165) is 25.9 Å². The first-order valence-corrected chi connectivity index (χ1v) is 7.61. The Hall–Kier alpha value is -2.04. The number of benzene rings is 1. The van der Waals surface area contributed by atoms with Crippen molar-refractivity contribution in [2.75, 3.05) is 31.1 Å². The molecular weight excluding hydrogens is 266 g/mol. The summed E-state index contributed by atoms with van der Waals surface area (Å²) in [5.74, 6) is -0.219. The lowest BCUT2D eigenvalue weighted by atomic mass is 10.1. The van der Waals surface area contributed by atoms with Gasteiger partial charge < -0.3 is 15.5 Å². The van der Waals surface area contributed by atoms with E-state index in [4.69, 9.17) is 0 Å². The molecule has 0 aromatic heterocycles. The van der Waals surface area contributed by atoms with Crippen molar-refractivity contribution in [2.24, 2.45) is 5.92 Å². The summed E-state index contributed by atoms with van der Waals surface area (Å²) in [6, 6.07) is 8.50. The predicted octanol–water partition coefficient (Wildman–Crippen LogP) is 0.691. The van der Waals surface area contributed by atoms with Crippen LogP contribution in [0.25, 0.3) is 0 Å². The normalized spacial score (nSPS) is 20.3. The number of nitrogens with one attached hydrogen (secondary N) is 2. The van der Waals surface area contributed by atoms with E-state index in [1.807, 2.05) is 0 Å². The van der Waals surface area contributed by atoms with Crippen LogP contribution in [0.3, 0.4) is 0 Å². The van der Waals surface area contributed by atoms with Gasteiger partial charge in [-0.3, -0.25) is 9.59 Å². The van der Waals surface area contributed by atoms with Gasteiger partial charge in [-0.25, -0.2) is 0 Å². The van der Waals surface area contributed by atoms with E-state index in [9.17, 15) is 9.59 Å². The van der Waals surface area contributed by atoms with Gasteiger partial charge in [0.15, 0.2) is 0 Å². The number of anilines is 1. The summed E-state index contributed by atoms with van der Waals surface area (Å²) in [5.41, 5.74) is 2.74. The standard InChI is InChI=1S/C16H21N3O2/c20-15-10-13(11-18-15)16(21)17-7-3-8-19-9-6-12-4-1-2-5-14(12)19/h1-2,4-5,13H,3,6-11H2,(H,17,21)(H,18,20). The molecule has 0 bridgehead atoms. The van der Waals surface area contributed by atoms with Crippen molar-refractivity contribution in [3.05, 3.63) is 29.8 Å². The molecule has 0 saturated carbocycles. The van der Waals surface area contributed by atoms with Crippen LogP contribution in [0.15, 0.2) is 24.3 Å². The van der Waals surface area contributed by atoms with Crippen LogP contribution < -0.4 is 15.5 Å². The lowest BCUT2D eigenvalue weighted by Gasteiger charge is -2.19. The summed E-state index contributed by atoms with van der Waals surface area (Å²) in [6.45, 7) is 3.17. The van der Waals surface area contributed by atoms with Gasteiger partial charge in [-0.05, 0) is 24.5 Å². The number of fused-ring (bicyclic) bond motifs is 1. The highest BCUT2D eigenvalue weighted by Gasteiger charge is 2.27. The fourth-order valence-corrected chi connectivity index (χ4v) is 3.06. The largest absolute Gasteiger partial charge is 0.371 e. The van der Waals surface area contributed by atoms with Gasteiger partial charge in [-0.15, -0.1) is 0 Å². The molecule has 1 atom stereocenters. The van der Waals surface area contributed by atoms with Crippen molar-refractivity contribution < 1.29 is 9.59 Å². The average molecular weight is 287 g/mol. The lowest BCUT2D eigenvalue weighted by Crippen LogP contribution is -2.34. The van der Waals surface area contributed by atoms with E-state index in [0.29, 0.717) is 19.5 Å². The molecule has 0 aliphatic carbocycles. The fraction of sp³-hybridized carbons (Fsp3) is 0.500. The molecule has 1 fully saturated rings. The van der Waals surface area contributed by atoms with Crippen molar-refractivity contribution in [2.45, 2.75) is 19.3 Å². The quantitative estimate of drug-likeness (QED) is 0.783. The van der Waals surface area contributed by atoms with Crippen LogP contribution in [0.4, 0.5) is 5.69 Å². The number of hydrogen-bond donors (Lipinski definition) is 2. The van der Waals surface area contributed by atoms with Gasteiger partial charge in [0, 0.05) is 38.3 Å². The Morgan fingerprint density at radius 1 is 1.38 bits per heavy atom. The minimum Gasteiger partial charge on any atom is -0.371 e. The molecule has 2 heterocycles. The third kappa shape index (κ3) is 3.17. The van der Waals surface area contributed by atoms with E-state index in [-0.39, 0.29) is 17.7 Å². The molecule has 3 rings (SSSR count). The van der Waals surface area contributed by atoms with E-state index in [1.165, 1.54) is 11.3 Å². The van der Waals surface area contributed by atoms with E-state index in [2.05, 4.69) is 39.8 Å². The van der Waals surface area contributed by atoms with Crippen LogP contribution in [-0.2, 0) is 16.0 Å². The van der Waals surface area contributed by atoms with Crippen molar-refractivity contribution >= 4 is 17.5 Å². The maximum atomic E-state index is 11.9. The molecule has 21 heavy (non-hydrogen) atoms. The summed E-state index contributed by atoms with van der Waals surface area (Å²) in [5, 5.41) is 5.62. The Labute approximate surface area is 124 Å². The van der Waals surface area contributed by atoms with Crippen molar-refractivity contribution in [1.29, 1.82) is 0 Å². The molecule has 1 saturated heterocycles. The number of para-hydroxylation sites is 1. The number of hydrogen-bond acceptors (Lipinski definition) is 3. The minimum absolute atomic E-state index is 0.00447. The molecule has 1 aromatic carbocycles. The molecule has 1 aromatic rings. The highest BCUT2D eigenvalue weighted by Crippen LogP contribution is 2.27. The second kappa shape index (κ2) is 6.16. The van der Waals surface area contributed by atoms with Gasteiger partial charge in [0.05, 0.1) is 5.92 Å². The fourth-order valence-electron chi connectivity index (χ4n) is 3.06. The first-order chi connectivity index (χ1) is 10.2. The van der Waals surface area contributed by atoms with Crippen LogP contribution >= 0.6 is 0 Å². The Balaban J connectivity index is 1.39. The Morgan fingerprint density at radius 3 is 3.05 bits per heavy atom. The Bertz CT molecular complexity index is 544. The van der Waals surface area contributed by atoms with Crippen molar-refractivity contribution in [3.63, 3.8) is 0 Å². The van der Waals surface area contributed by atoms with Gasteiger partial charge in [-0.2, -0.15) is 0 Å². The molecule has 5 nitrogen and oxygen atoms in total. The third-order valence-corrected chi connectivity index (χ3v) is 4.24. The minimum atomic E-state index is -0.190. The number of carbonyl (C=O) groups excluding carboxylic acids is 2. The second-order valence-corrected chi connectivity index (χ2v) is 5.72. The molecule has 2 aliphatic rings. The predicted molar refractivity (Wildman–Crippen MR) is 81.1 cm³/mol. The monoisotopic (exact) mass is 287 g/mol. The van der Waals surface area contributed by atoms with Gasteiger partial charge >= 0.3 is 0 Å². The zero-order valence-corrected chi connectivity index (χ0v) is 12.1. The maximum absolute atomic E-state index is 11.9. The number of carbonyl (C=O) groups is 2. The third-order valence-electron chi connectivity index (χ3n) is 4.24. The van der Waals surface area contributed by atoms with Crippen molar-refractivity contribution in [3.8, 4) is 0 Å². The average Bonchev–Trinajstić information content (AvgIpc) is 3.10. The number of rotatable bonds is 5. The molecular formula is C16H21N3O2. The SMILES string of the molecule is O=C1CC(C(=O)NCCCN2CCc3ccccc32)CN1. The smallest absolute Gasteiger partial charge is 0.225 e. The van der Waals surface area contributed by atoms with Crippen molar-refractivity contribution in [1.82, 2.24) is 10.6 Å². The summed E-state index contributed by atoms with van der Waals surface area (Å²) < 4.78 is 0. The molecule has 0 spiro atoms. The molecule has 112 valence electrons. The molecule has 1 unspecified atom stereocenters. The molecule has 0 radical (unpaired) electrons. The lowest BCUT2D eigenvalue weighted by molar-refractivity contribution is -0.126. The number of nitrogens with zero attached hydrogens (tertiary/aromatic N) is 1. The zero-order valence-electron chi connectivity index (χ0n) is 12.1. The topological polar surface area (TPSA) is 61.4 Å². The van der Waals surface area contributed by atoms with E-state index < -0.39 is 0 Å². The van der Waals surface area contributed by atoms with Gasteiger partial charge in [0.1, 0.15) is 0 Å². The maximum Gasteiger partial charge on any atom is 0.225 e. The Morgan fingerprint density at radius 2 is 2.24 bits per heavy atom. The molecule has 2 N–H and O–H groups in total. The first kappa shape index (κ1) is 13.9. The molecule has 5 heteroatoms. The van der Waals surface area contributed by atoms with Crippen LogP contribution in [0.5, 0.6) is 0 Å². The summed E-state index contributed by atoms with van der Waals surface area (Å²) in [7, 11) is 0. The van der Waals surface area contributed by atoms with E-state index >= 15 is 0 Å². The molecule has 2 amide bonds. The van der Waals surface area contributed by atoms with Crippen LogP contribution in [-0.4, -0.2) is 38.0 Å². The van der Waals surface area contributed by atoms with Crippen LogP contribution in [0, 0.1) is 5.92 Å². The summed E-state index contributed by atoms with van der Waals surface area (Å²) in [4.78, 5) is 25.3. The molecule has 2 aliphatic heterocycles. The van der Waals surface area contributed by atoms with Gasteiger partial charge in [-0.1, -0.05) is 18.2 Å². The highest BCUT2D eigenvalue weighted by molar-refractivity contribution is 5.89. The van der Waals surface area contributed by atoms with Crippen LogP contribution in [0.2, 0.25) is 0 Å². The van der Waals surface area contributed by atoms with Gasteiger partial charge in [0.25, 0.3) is 0 Å². The van der Waals surface area contributed by atoms with Gasteiger partial charge in [0.2, 0.25) is 11.8 Å². The summed E-state index contributed by atoms with van der Waals surface area (Å²) >= 11 is 0. The zero-order chi connectivity index (χ0) is 14.7.